The number of ether oxygens (including phenoxy) is 1. The number of carboxylic acids is 1. The molecule has 0 fully saturated rings. The van der Waals surface area contributed by atoms with Crippen LogP contribution < -0.4 is 0 Å². The molecule has 2 rings (SSSR count). The molecule has 0 aromatic heterocycles. The van der Waals surface area contributed by atoms with Gasteiger partial charge in [0.15, 0.2) is 0 Å². The fourth-order valence-corrected chi connectivity index (χ4v) is 4.30. The van der Waals surface area contributed by atoms with Gasteiger partial charge >= 0.3 is 11.9 Å². The van der Waals surface area contributed by atoms with E-state index < -0.39 is 5.97 Å². The molecular formula is C22H32O4. The van der Waals surface area contributed by atoms with Gasteiger partial charge in [0.1, 0.15) is 6.10 Å². The summed E-state index contributed by atoms with van der Waals surface area (Å²) in [6, 6.07) is 0. The molecule has 4 nitrogen and oxygen atoms in total. The molecule has 0 saturated heterocycles. The summed E-state index contributed by atoms with van der Waals surface area (Å²) in [6.45, 7) is 10.1. The second kappa shape index (κ2) is 8.24. The average Bonchev–Trinajstić information content (AvgIpc) is 2.85. The zero-order valence-corrected chi connectivity index (χ0v) is 16.7. The van der Waals surface area contributed by atoms with Gasteiger partial charge in [-0.3, -0.25) is 4.79 Å². The van der Waals surface area contributed by atoms with Crippen LogP contribution in [0.15, 0.2) is 34.9 Å². The van der Waals surface area contributed by atoms with E-state index >= 15 is 0 Å². The molecule has 0 unspecified atom stereocenters. The summed E-state index contributed by atoms with van der Waals surface area (Å²) < 4.78 is 5.66. The van der Waals surface area contributed by atoms with E-state index in [0.717, 1.165) is 24.8 Å². The number of hydrogen-bond donors (Lipinski definition) is 1. The van der Waals surface area contributed by atoms with Crippen LogP contribution in [0.1, 0.15) is 66.7 Å². The van der Waals surface area contributed by atoms with Crippen molar-refractivity contribution in [2.24, 2.45) is 17.3 Å². The second-order valence-electron chi connectivity index (χ2n) is 8.33. The van der Waals surface area contributed by atoms with Gasteiger partial charge in [-0.25, -0.2) is 4.79 Å². The topological polar surface area (TPSA) is 63.6 Å². The Kier molecular flexibility index (Phi) is 6.48. The van der Waals surface area contributed by atoms with E-state index in [4.69, 9.17) is 4.74 Å². The summed E-state index contributed by atoms with van der Waals surface area (Å²) in [5, 5.41) is 9.52. The first-order valence-electron chi connectivity index (χ1n) is 9.60. The van der Waals surface area contributed by atoms with Crippen molar-refractivity contribution in [2.75, 3.05) is 0 Å². The lowest BCUT2D eigenvalue weighted by Crippen LogP contribution is -2.31. The van der Waals surface area contributed by atoms with Crippen LogP contribution in [0.4, 0.5) is 0 Å². The molecule has 0 aliphatic heterocycles. The zero-order valence-electron chi connectivity index (χ0n) is 16.7. The van der Waals surface area contributed by atoms with Crippen molar-refractivity contribution in [2.45, 2.75) is 72.8 Å². The minimum Gasteiger partial charge on any atom is -0.478 e. The van der Waals surface area contributed by atoms with Crippen LogP contribution >= 0.6 is 0 Å². The lowest BCUT2D eigenvalue weighted by Gasteiger charge is -2.36. The van der Waals surface area contributed by atoms with E-state index in [2.05, 4.69) is 26.8 Å². The highest BCUT2D eigenvalue weighted by atomic mass is 16.5. The van der Waals surface area contributed by atoms with Crippen molar-refractivity contribution >= 4 is 11.9 Å². The Morgan fingerprint density at radius 3 is 2.46 bits per heavy atom. The Balaban J connectivity index is 2.44. The second-order valence-corrected chi connectivity index (χ2v) is 8.33. The van der Waals surface area contributed by atoms with Crippen molar-refractivity contribution in [3.63, 3.8) is 0 Å². The van der Waals surface area contributed by atoms with Crippen LogP contribution in [0.2, 0.25) is 0 Å². The van der Waals surface area contributed by atoms with Crippen LogP contribution in [-0.4, -0.2) is 23.1 Å². The quantitative estimate of drug-likeness (QED) is 0.564. The molecule has 0 spiro atoms. The zero-order chi connectivity index (χ0) is 19.5. The van der Waals surface area contributed by atoms with E-state index in [1.807, 2.05) is 19.1 Å². The molecule has 2 aliphatic carbocycles. The Hall–Kier alpha value is -1.84. The number of hydrogen-bond acceptors (Lipinski definition) is 3. The molecule has 144 valence electrons. The van der Waals surface area contributed by atoms with Gasteiger partial charge in [0.05, 0.1) is 0 Å². The maximum Gasteiger partial charge on any atom is 0.331 e. The third-order valence-corrected chi connectivity index (χ3v) is 5.95. The van der Waals surface area contributed by atoms with Crippen molar-refractivity contribution < 1.29 is 19.4 Å². The van der Waals surface area contributed by atoms with Crippen LogP contribution in [-0.2, 0) is 14.3 Å². The summed E-state index contributed by atoms with van der Waals surface area (Å²) >= 11 is 0. The largest absolute Gasteiger partial charge is 0.478 e. The number of carboxylic acid groups (broad SMARTS) is 1. The molecule has 4 heteroatoms. The van der Waals surface area contributed by atoms with Crippen molar-refractivity contribution in [3.8, 4) is 0 Å². The van der Waals surface area contributed by atoms with E-state index in [9.17, 15) is 14.7 Å². The van der Waals surface area contributed by atoms with Crippen molar-refractivity contribution in [1.82, 2.24) is 0 Å². The first-order chi connectivity index (χ1) is 12.1. The van der Waals surface area contributed by atoms with Crippen LogP contribution in [0, 0.1) is 17.3 Å². The number of rotatable bonds is 3. The molecule has 0 amide bonds. The summed E-state index contributed by atoms with van der Waals surface area (Å²) in [5.74, 6) is -0.393. The molecule has 0 saturated carbocycles. The minimum absolute atomic E-state index is 0.0384. The number of carbonyl (C=O) groups excluding carboxylic acids is 1. The Labute approximate surface area is 157 Å². The number of carbonyl (C=O) groups is 2. The monoisotopic (exact) mass is 360 g/mol. The van der Waals surface area contributed by atoms with Crippen molar-refractivity contribution in [3.05, 3.63) is 34.9 Å². The fourth-order valence-electron chi connectivity index (χ4n) is 4.30. The van der Waals surface area contributed by atoms with Crippen LogP contribution in [0.25, 0.3) is 0 Å². The third kappa shape index (κ3) is 4.66. The van der Waals surface area contributed by atoms with E-state index in [1.54, 1.807) is 0 Å². The summed E-state index contributed by atoms with van der Waals surface area (Å²) in [7, 11) is 0. The Morgan fingerprint density at radius 2 is 1.88 bits per heavy atom. The van der Waals surface area contributed by atoms with Gasteiger partial charge in [0.25, 0.3) is 0 Å². The molecule has 0 radical (unpaired) electrons. The molecule has 0 heterocycles. The summed E-state index contributed by atoms with van der Waals surface area (Å²) in [4.78, 5) is 23.2. The number of fused-ring (bicyclic) bond motifs is 1. The summed E-state index contributed by atoms with van der Waals surface area (Å²) in [6.07, 6.45) is 9.60. The molecular weight excluding hydrogens is 328 g/mol. The lowest BCUT2D eigenvalue weighted by molar-refractivity contribution is -0.145. The van der Waals surface area contributed by atoms with E-state index in [0.29, 0.717) is 24.3 Å². The van der Waals surface area contributed by atoms with E-state index in [1.165, 1.54) is 12.5 Å². The van der Waals surface area contributed by atoms with Gasteiger partial charge in [-0.15, -0.1) is 0 Å². The Morgan fingerprint density at radius 1 is 1.23 bits per heavy atom. The van der Waals surface area contributed by atoms with Gasteiger partial charge < -0.3 is 9.84 Å². The van der Waals surface area contributed by atoms with Gasteiger partial charge in [0, 0.05) is 12.5 Å². The molecule has 3 atom stereocenters. The van der Waals surface area contributed by atoms with Crippen LogP contribution in [0.5, 0.6) is 0 Å². The maximum atomic E-state index is 11.7. The normalized spacial score (nSPS) is 31.8. The van der Waals surface area contributed by atoms with Crippen LogP contribution in [0.3, 0.4) is 0 Å². The molecule has 0 bridgehead atoms. The average molecular weight is 360 g/mol. The van der Waals surface area contributed by atoms with Gasteiger partial charge in [-0.2, -0.15) is 0 Å². The molecule has 1 N–H and O–H groups in total. The number of esters is 1. The highest BCUT2D eigenvalue weighted by Gasteiger charge is 2.42. The van der Waals surface area contributed by atoms with Crippen molar-refractivity contribution in [1.29, 1.82) is 0 Å². The van der Waals surface area contributed by atoms with Gasteiger partial charge in [0.2, 0.25) is 0 Å². The third-order valence-electron chi connectivity index (χ3n) is 5.95. The van der Waals surface area contributed by atoms with E-state index in [-0.39, 0.29) is 23.4 Å². The fraction of sp³-hybridized carbons (Fsp3) is 0.636. The predicted octanol–water partition coefficient (Wildman–Crippen LogP) is 5.06. The predicted molar refractivity (Wildman–Crippen MR) is 103 cm³/mol. The number of allylic oxidation sites excluding steroid dienone is 4. The lowest BCUT2D eigenvalue weighted by atomic mass is 9.69. The molecule has 2 aliphatic rings. The Bertz CT molecular complexity index is 653. The van der Waals surface area contributed by atoms with Gasteiger partial charge in [-0.1, -0.05) is 44.6 Å². The molecule has 0 aromatic carbocycles. The molecule has 26 heavy (non-hydrogen) atoms. The number of aliphatic carboxylic acids is 1. The maximum absolute atomic E-state index is 11.7. The summed E-state index contributed by atoms with van der Waals surface area (Å²) in [5.41, 5.74) is 2.87. The minimum atomic E-state index is -0.831. The molecule has 0 aromatic rings. The first-order valence-corrected chi connectivity index (χ1v) is 9.60. The first kappa shape index (κ1) is 20.5. The standard InChI is InChI=1S/C22H32O4/c1-14(2)18-10-12-22(5)11-9-17(21(24)25)8-6-7-15(3)20(13-19(18)22)26-16(4)23/h7,9-10,14,19-20H,6,8,11-13H2,1-5H3,(H,24,25)/b15-7?,17-9+/t19-,20+,22-/m1/s1. The highest BCUT2D eigenvalue weighted by Crippen LogP contribution is 2.51. The smallest absolute Gasteiger partial charge is 0.331 e. The van der Waals surface area contributed by atoms with Gasteiger partial charge in [-0.05, 0) is 61.9 Å². The SMILES string of the molecule is CC(=O)O[C@H]1C[C@@H]2C(C(C)C)=CC[C@@]2(C)C/C=C(/C(=O)O)CCC=C1C. The highest BCUT2D eigenvalue weighted by molar-refractivity contribution is 5.86.